The Balaban J connectivity index is 1.76. The van der Waals surface area contributed by atoms with Crippen LogP contribution in [0.25, 0.3) is 11.3 Å². The van der Waals surface area contributed by atoms with Crippen LogP contribution in [0.3, 0.4) is 0 Å². The van der Waals surface area contributed by atoms with Gasteiger partial charge in [0.1, 0.15) is 11.6 Å². The van der Waals surface area contributed by atoms with Crippen LogP contribution in [0, 0.1) is 0 Å². The SMILES string of the molecule is Nc1nccc(-c2ccnc(Nc3ccc(OC(F)(F)F)cc3)c2)n1. The van der Waals surface area contributed by atoms with E-state index >= 15 is 0 Å². The molecule has 1 aromatic carbocycles. The maximum atomic E-state index is 12.2. The van der Waals surface area contributed by atoms with Gasteiger partial charge in [-0.05, 0) is 42.5 Å². The fourth-order valence-corrected chi connectivity index (χ4v) is 2.08. The number of halogens is 3. The smallest absolute Gasteiger partial charge is 0.406 e. The molecule has 0 unspecified atom stereocenters. The highest BCUT2D eigenvalue weighted by molar-refractivity contribution is 5.66. The Morgan fingerprint density at radius 3 is 2.36 bits per heavy atom. The minimum absolute atomic E-state index is 0.157. The van der Waals surface area contributed by atoms with Crippen molar-refractivity contribution in [3.63, 3.8) is 0 Å². The summed E-state index contributed by atoms with van der Waals surface area (Å²) in [5.41, 5.74) is 7.53. The second-order valence-electron chi connectivity index (χ2n) is 4.93. The number of nitrogens with one attached hydrogen (secondary N) is 1. The predicted octanol–water partition coefficient (Wildman–Crippen LogP) is 3.76. The van der Waals surface area contributed by atoms with Crippen molar-refractivity contribution in [3.05, 3.63) is 54.9 Å². The van der Waals surface area contributed by atoms with Gasteiger partial charge in [-0.1, -0.05) is 0 Å². The lowest BCUT2D eigenvalue weighted by molar-refractivity contribution is -0.274. The molecule has 0 aliphatic heterocycles. The van der Waals surface area contributed by atoms with Gasteiger partial charge < -0.3 is 15.8 Å². The van der Waals surface area contributed by atoms with Crippen molar-refractivity contribution in [3.8, 4) is 17.0 Å². The minimum Gasteiger partial charge on any atom is -0.406 e. The van der Waals surface area contributed by atoms with E-state index in [1.165, 1.54) is 24.3 Å². The van der Waals surface area contributed by atoms with Crippen molar-refractivity contribution in [1.82, 2.24) is 15.0 Å². The Morgan fingerprint density at radius 1 is 0.960 bits per heavy atom. The number of benzene rings is 1. The molecule has 3 rings (SSSR count). The van der Waals surface area contributed by atoms with E-state index in [1.54, 1.807) is 30.6 Å². The summed E-state index contributed by atoms with van der Waals surface area (Å²) in [6, 6.07) is 10.5. The molecule has 0 amide bonds. The molecule has 0 fully saturated rings. The average molecular weight is 347 g/mol. The van der Waals surface area contributed by atoms with Gasteiger partial charge in [0.2, 0.25) is 5.95 Å². The van der Waals surface area contributed by atoms with Gasteiger partial charge in [-0.2, -0.15) is 0 Å². The number of nitrogens with two attached hydrogens (primary N) is 1. The molecule has 128 valence electrons. The average Bonchev–Trinajstić information content (AvgIpc) is 2.56. The van der Waals surface area contributed by atoms with Crippen molar-refractivity contribution in [2.75, 3.05) is 11.1 Å². The number of rotatable bonds is 4. The predicted molar refractivity (Wildman–Crippen MR) is 86.1 cm³/mol. The first-order valence-electron chi connectivity index (χ1n) is 7.07. The van der Waals surface area contributed by atoms with E-state index in [0.717, 1.165) is 5.56 Å². The molecule has 0 saturated heterocycles. The van der Waals surface area contributed by atoms with Crippen LogP contribution in [0.5, 0.6) is 5.75 Å². The standard InChI is InChI=1S/C16H12F3N5O/c17-16(18,19)25-12-3-1-11(2-4-12)23-14-9-10(5-7-21-14)13-6-8-22-15(20)24-13/h1-9H,(H,21,23)(H2,20,22,24). The molecule has 9 heteroatoms. The third kappa shape index (κ3) is 4.56. The Kier molecular flexibility index (Phi) is 4.38. The Hall–Kier alpha value is -3.36. The van der Waals surface area contributed by atoms with Gasteiger partial charge in [0.25, 0.3) is 0 Å². The van der Waals surface area contributed by atoms with E-state index in [2.05, 4.69) is 25.0 Å². The molecule has 0 aliphatic carbocycles. The van der Waals surface area contributed by atoms with Crippen molar-refractivity contribution in [2.24, 2.45) is 0 Å². The van der Waals surface area contributed by atoms with E-state index < -0.39 is 6.36 Å². The second kappa shape index (κ2) is 6.63. The van der Waals surface area contributed by atoms with E-state index in [-0.39, 0.29) is 11.7 Å². The topological polar surface area (TPSA) is 86.0 Å². The maximum Gasteiger partial charge on any atom is 0.573 e. The van der Waals surface area contributed by atoms with Crippen molar-refractivity contribution >= 4 is 17.5 Å². The van der Waals surface area contributed by atoms with Crippen LogP contribution in [0.15, 0.2) is 54.9 Å². The number of alkyl halides is 3. The van der Waals surface area contributed by atoms with Gasteiger partial charge in [0.05, 0.1) is 5.69 Å². The summed E-state index contributed by atoms with van der Waals surface area (Å²) < 4.78 is 40.3. The molecule has 0 atom stereocenters. The summed E-state index contributed by atoms with van der Waals surface area (Å²) in [7, 11) is 0. The molecule has 0 bridgehead atoms. The Labute approximate surface area is 140 Å². The first-order valence-corrected chi connectivity index (χ1v) is 7.07. The molecular formula is C16H12F3N5O. The van der Waals surface area contributed by atoms with Gasteiger partial charge in [-0.25, -0.2) is 15.0 Å². The number of aromatic nitrogens is 3. The van der Waals surface area contributed by atoms with Gasteiger partial charge in [0.15, 0.2) is 0 Å². The zero-order valence-electron chi connectivity index (χ0n) is 12.7. The molecule has 25 heavy (non-hydrogen) atoms. The molecule has 3 aromatic rings. The molecule has 0 spiro atoms. The molecule has 6 nitrogen and oxygen atoms in total. The number of nitrogen functional groups attached to an aromatic ring is 1. The van der Waals surface area contributed by atoms with Gasteiger partial charge in [0, 0.05) is 23.6 Å². The zero-order valence-corrected chi connectivity index (χ0v) is 12.7. The lowest BCUT2D eigenvalue weighted by Crippen LogP contribution is -2.16. The lowest BCUT2D eigenvalue weighted by Gasteiger charge is -2.10. The van der Waals surface area contributed by atoms with Crippen LogP contribution in [-0.2, 0) is 0 Å². The van der Waals surface area contributed by atoms with Crippen LogP contribution in [0.1, 0.15) is 0 Å². The van der Waals surface area contributed by atoms with Gasteiger partial charge in [-0.3, -0.25) is 0 Å². The molecule has 0 aliphatic rings. The summed E-state index contributed by atoms with van der Waals surface area (Å²) in [6.45, 7) is 0. The second-order valence-corrected chi connectivity index (χ2v) is 4.93. The highest BCUT2D eigenvalue weighted by Gasteiger charge is 2.30. The van der Waals surface area contributed by atoms with E-state index in [9.17, 15) is 13.2 Å². The zero-order chi connectivity index (χ0) is 17.9. The number of hydrogen-bond donors (Lipinski definition) is 2. The number of pyridine rings is 1. The van der Waals surface area contributed by atoms with Gasteiger partial charge >= 0.3 is 6.36 Å². The van der Waals surface area contributed by atoms with Crippen LogP contribution >= 0.6 is 0 Å². The fourth-order valence-electron chi connectivity index (χ4n) is 2.08. The van der Waals surface area contributed by atoms with Crippen molar-refractivity contribution in [1.29, 1.82) is 0 Å². The Bertz CT molecular complexity index is 868. The molecule has 0 radical (unpaired) electrons. The van der Waals surface area contributed by atoms with Crippen LogP contribution in [0.4, 0.5) is 30.6 Å². The highest BCUT2D eigenvalue weighted by atomic mass is 19.4. The van der Waals surface area contributed by atoms with Crippen molar-refractivity contribution < 1.29 is 17.9 Å². The van der Waals surface area contributed by atoms with Crippen LogP contribution in [-0.4, -0.2) is 21.3 Å². The highest BCUT2D eigenvalue weighted by Crippen LogP contribution is 2.26. The van der Waals surface area contributed by atoms with Crippen molar-refractivity contribution in [2.45, 2.75) is 6.36 Å². The van der Waals surface area contributed by atoms with Crippen LogP contribution in [0.2, 0.25) is 0 Å². The molecular weight excluding hydrogens is 335 g/mol. The van der Waals surface area contributed by atoms with Crippen LogP contribution < -0.4 is 15.8 Å². The summed E-state index contributed by atoms with van der Waals surface area (Å²) in [5.74, 6) is 0.361. The first-order chi connectivity index (χ1) is 11.9. The number of nitrogens with zero attached hydrogens (tertiary/aromatic N) is 3. The quantitative estimate of drug-likeness (QED) is 0.747. The maximum absolute atomic E-state index is 12.2. The Morgan fingerprint density at radius 2 is 1.68 bits per heavy atom. The molecule has 2 heterocycles. The summed E-state index contributed by atoms with van der Waals surface area (Å²) >= 11 is 0. The monoisotopic (exact) mass is 347 g/mol. The normalized spacial score (nSPS) is 11.2. The van der Waals surface area contributed by atoms with E-state index in [1.807, 2.05) is 0 Å². The summed E-state index contributed by atoms with van der Waals surface area (Å²) in [4.78, 5) is 12.1. The minimum atomic E-state index is -4.72. The third-order valence-corrected chi connectivity index (χ3v) is 3.09. The molecule has 2 aromatic heterocycles. The largest absolute Gasteiger partial charge is 0.573 e. The first kappa shape index (κ1) is 16.5. The molecule has 0 saturated carbocycles. The van der Waals surface area contributed by atoms with E-state index in [4.69, 9.17) is 5.73 Å². The molecule has 3 N–H and O–H groups in total. The lowest BCUT2D eigenvalue weighted by atomic mass is 10.2. The third-order valence-electron chi connectivity index (χ3n) is 3.09. The fraction of sp³-hybridized carbons (Fsp3) is 0.0625. The summed E-state index contributed by atoms with van der Waals surface area (Å²) in [5, 5.41) is 3.00. The van der Waals surface area contributed by atoms with Gasteiger partial charge in [-0.15, -0.1) is 13.2 Å². The number of hydrogen-bond acceptors (Lipinski definition) is 6. The van der Waals surface area contributed by atoms with E-state index in [0.29, 0.717) is 17.2 Å². The number of ether oxygens (including phenoxy) is 1. The number of anilines is 3. The summed E-state index contributed by atoms with van der Waals surface area (Å²) in [6.07, 6.45) is -1.59.